The van der Waals surface area contributed by atoms with Gasteiger partial charge in [0.15, 0.2) is 0 Å². The van der Waals surface area contributed by atoms with Gasteiger partial charge in [-0.2, -0.15) is 0 Å². The molecule has 1 aromatic heterocycles. The van der Waals surface area contributed by atoms with Gasteiger partial charge >= 0.3 is 0 Å². The maximum absolute atomic E-state index is 3.95. The van der Waals surface area contributed by atoms with E-state index in [1.807, 2.05) is 12.1 Å². The number of hydrogen-bond donors (Lipinski definition) is 0. The van der Waals surface area contributed by atoms with Crippen molar-refractivity contribution in [3.8, 4) is 5.69 Å². The van der Waals surface area contributed by atoms with Crippen molar-refractivity contribution in [2.75, 3.05) is 0 Å². The quantitative estimate of drug-likeness (QED) is 0.601. The predicted molar refractivity (Wildman–Crippen MR) is 85.8 cm³/mol. The number of rotatable bonds is 2. The summed E-state index contributed by atoms with van der Waals surface area (Å²) in [5.74, 6) is 0. The third-order valence-corrected chi connectivity index (χ3v) is 3.93. The lowest BCUT2D eigenvalue weighted by atomic mass is 10.1. The molecule has 0 fully saturated rings. The lowest BCUT2D eigenvalue weighted by Crippen LogP contribution is -1.95. The number of halogens is 1. The second kappa shape index (κ2) is 4.71. The Balaban J connectivity index is 2.43. The molecule has 0 unspecified atom stereocenters. The lowest BCUT2D eigenvalue weighted by molar-refractivity contribution is 1.05. The summed E-state index contributed by atoms with van der Waals surface area (Å²) < 4.78 is 3.37. The Morgan fingerprint density at radius 3 is 2.53 bits per heavy atom. The molecule has 0 N–H and O–H groups in total. The van der Waals surface area contributed by atoms with Crippen LogP contribution >= 0.6 is 15.9 Å². The van der Waals surface area contributed by atoms with Gasteiger partial charge in [-0.25, -0.2) is 0 Å². The summed E-state index contributed by atoms with van der Waals surface area (Å²) in [6.45, 7) is 6.09. The van der Waals surface area contributed by atoms with Crippen LogP contribution in [0.3, 0.4) is 0 Å². The van der Waals surface area contributed by atoms with Crippen molar-refractivity contribution in [2.24, 2.45) is 0 Å². The fourth-order valence-corrected chi connectivity index (χ4v) is 2.94. The SMILES string of the molecule is C=Cc1c(C)n(-c2ccccc2)c2ccc(Br)cc12. The molecular formula is C17H14BrN. The van der Waals surface area contributed by atoms with Gasteiger partial charge in [0.25, 0.3) is 0 Å². The highest BCUT2D eigenvalue weighted by atomic mass is 79.9. The number of hydrogen-bond acceptors (Lipinski definition) is 0. The maximum Gasteiger partial charge on any atom is 0.0538 e. The maximum atomic E-state index is 3.95. The van der Waals surface area contributed by atoms with Gasteiger partial charge < -0.3 is 4.57 Å². The van der Waals surface area contributed by atoms with E-state index >= 15 is 0 Å². The van der Waals surface area contributed by atoms with E-state index in [0.717, 1.165) is 4.47 Å². The van der Waals surface area contributed by atoms with Crippen molar-refractivity contribution in [3.63, 3.8) is 0 Å². The van der Waals surface area contributed by atoms with E-state index in [-0.39, 0.29) is 0 Å². The van der Waals surface area contributed by atoms with Crippen LogP contribution in [0.15, 0.2) is 59.6 Å². The second-order valence-electron chi connectivity index (χ2n) is 4.54. The normalized spacial score (nSPS) is 10.8. The summed E-state index contributed by atoms with van der Waals surface area (Å²) >= 11 is 3.54. The standard InChI is InChI=1S/C17H14BrN/c1-3-15-12(2)19(14-7-5-4-6-8-14)17-10-9-13(18)11-16(15)17/h3-11H,1H2,2H3. The molecule has 0 aliphatic heterocycles. The van der Waals surface area contributed by atoms with E-state index < -0.39 is 0 Å². The Kier molecular flexibility index (Phi) is 3.03. The molecule has 3 aromatic rings. The molecule has 0 amide bonds. The first-order valence-electron chi connectivity index (χ1n) is 6.21. The van der Waals surface area contributed by atoms with Gasteiger partial charge in [-0.3, -0.25) is 0 Å². The van der Waals surface area contributed by atoms with Gasteiger partial charge in [0.1, 0.15) is 0 Å². The molecule has 0 atom stereocenters. The molecule has 0 bridgehead atoms. The summed E-state index contributed by atoms with van der Waals surface area (Å²) in [7, 11) is 0. The van der Waals surface area contributed by atoms with Crippen molar-refractivity contribution >= 4 is 32.9 Å². The van der Waals surface area contributed by atoms with Crippen LogP contribution in [0, 0.1) is 6.92 Å². The van der Waals surface area contributed by atoms with Crippen molar-refractivity contribution in [1.82, 2.24) is 4.57 Å². The van der Waals surface area contributed by atoms with Crippen molar-refractivity contribution < 1.29 is 0 Å². The minimum absolute atomic E-state index is 1.09. The molecule has 3 rings (SSSR count). The van der Waals surface area contributed by atoms with Gasteiger partial charge in [-0.15, -0.1) is 0 Å². The van der Waals surface area contributed by atoms with Gasteiger partial charge in [-0.05, 0) is 37.3 Å². The third-order valence-electron chi connectivity index (χ3n) is 3.43. The molecule has 94 valence electrons. The number of nitrogens with zero attached hydrogens (tertiary/aromatic N) is 1. The summed E-state index contributed by atoms with van der Waals surface area (Å²) in [6, 6.07) is 16.8. The Morgan fingerprint density at radius 1 is 1.11 bits per heavy atom. The summed E-state index contributed by atoms with van der Waals surface area (Å²) in [5, 5.41) is 1.23. The van der Waals surface area contributed by atoms with Gasteiger partial charge in [0, 0.05) is 26.8 Å². The van der Waals surface area contributed by atoms with Crippen molar-refractivity contribution in [2.45, 2.75) is 6.92 Å². The average molecular weight is 312 g/mol. The molecular weight excluding hydrogens is 298 g/mol. The number of benzene rings is 2. The molecule has 0 aliphatic rings. The largest absolute Gasteiger partial charge is 0.313 e. The van der Waals surface area contributed by atoms with E-state index in [1.54, 1.807) is 0 Å². The van der Waals surface area contributed by atoms with E-state index in [4.69, 9.17) is 0 Å². The monoisotopic (exact) mass is 311 g/mol. The van der Waals surface area contributed by atoms with Crippen LogP contribution < -0.4 is 0 Å². The van der Waals surface area contributed by atoms with Crippen molar-refractivity contribution in [3.05, 3.63) is 70.8 Å². The van der Waals surface area contributed by atoms with Gasteiger partial charge in [0.2, 0.25) is 0 Å². The average Bonchev–Trinajstić information content (AvgIpc) is 2.70. The zero-order valence-electron chi connectivity index (χ0n) is 10.7. The van der Waals surface area contributed by atoms with E-state index in [9.17, 15) is 0 Å². The molecule has 1 heterocycles. The zero-order chi connectivity index (χ0) is 13.4. The molecule has 1 nitrogen and oxygen atoms in total. The Bertz CT molecular complexity index is 754. The van der Waals surface area contributed by atoms with Gasteiger partial charge in [0.05, 0.1) is 5.52 Å². The number of para-hydroxylation sites is 1. The predicted octanol–water partition coefficient (Wildman–Crippen LogP) is 5.34. The fraction of sp³-hybridized carbons (Fsp3) is 0.0588. The summed E-state index contributed by atoms with van der Waals surface area (Å²) in [5.41, 5.74) is 4.80. The van der Waals surface area contributed by atoms with E-state index in [0.29, 0.717) is 0 Å². The van der Waals surface area contributed by atoms with Gasteiger partial charge in [-0.1, -0.05) is 46.8 Å². The third kappa shape index (κ3) is 1.92. The molecule has 2 heteroatoms. The zero-order valence-corrected chi connectivity index (χ0v) is 12.3. The summed E-state index contributed by atoms with van der Waals surface area (Å²) in [4.78, 5) is 0. The van der Waals surface area contributed by atoms with Crippen LogP contribution in [0.1, 0.15) is 11.3 Å². The fourth-order valence-electron chi connectivity index (χ4n) is 2.58. The smallest absolute Gasteiger partial charge is 0.0538 e. The van der Waals surface area contributed by atoms with Crippen molar-refractivity contribution in [1.29, 1.82) is 0 Å². The second-order valence-corrected chi connectivity index (χ2v) is 5.45. The molecule has 0 spiro atoms. The minimum atomic E-state index is 1.09. The van der Waals surface area contributed by atoms with E-state index in [1.165, 1.54) is 27.8 Å². The number of aromatic nitrogens is 1. The van der Waals surface area contributed by atoms with Crippen LogP contribution in [0.5, 0.6) is 0 Å². The Labute approximate surface area is 121 Å². The molecule has 0 aliphatic carbocycles. The molecule has 2 aromatic carbocycles. The Morgan fingerprint density at radius 2 is 1.84 bits per heavy atom. The highest BCUT2D eigenvalue weighted by Gasteiger charge is 2.13. The first kappa shape index (κ1) is 12.2. The Hall–Kier alpha value is -1.80. The van der Waals surface area contributed by atoms with Crippen LogP contribution in [0.25, 0.3) is 22.7 Å². The molecule has 0 radical (unpaired) electrons. The minimum Gasteiger partial charge on any atom is -0.313 e. The topological polar surface area (TPSA) is 4.93 Å². The molecule has 19 heavy (non-hydrogen) atoms. The highest BCUT2D eigenvalue weighted by Crippen LogP contribution is 2.31. The number of fused-ring (bicyclic) bond motifs is 1. The lowest BCUT2D eigenvalue weighted by Gasteiger charge is -2.08. The molecule has 0 saturated heterocycles. The van der Waals surface area contributed by atoms with Crippen LogP contribution in [-0.4, -0.2) is 4.57 Å². The first-order chi connectivity index (χ1) is 9.22. The summed E-state index contributed by atoms with van der Waals surface area (Å²) in [6.07, 6.45) is 1.93. The van der Waals surface area contributed by atoms with Crippen LogP contribution in [-0.2, 0) is 0 Å². The van der Waals surface area contributed by atoms with Crippen LogP contribution in [0.4, 0.5) is 0 Å². The van der Waals surface area contributed by atoms with Crippen LogP contribution in [0.2, 0.25) is 0 Å². The highest BCUT2D eigenvalue weighted by molar-refractivity contribution is 9.10. The first-order valence-corrected chi connectivity index (χ1v) is 7.00. The van der Waals surface area contributed by atoms with E-state index in [2.05, 4.69) is 76.5 Å². The molecule has 0 saturated carbocycles.